The Hall–Kier alpha value is -2.36. The molecule has 0 fully saturated rings. The van der Waals surface area contributed by atoms with Crippen molar-refractivity contribution in [2.75, 3.05) is 12.3 Å². The van der Waals surface area contributed by atoms with E-state index >= 15 is 0 Å². The minimum absolute atomic E-state index is 0.566. The number of benzene rings is 2. The van der Waals surface area contributed by atoms with Crippen molar-refractivity contribution in [1.82, 2.24) is 0 Å². The van der Waals surface area contributed by atoms with Gasteiger partial charge in [-0.15, -0.1) is 5.11 Å². The number of azo groups is 1. The van der Waals surface area contributed by atoms with Gasteiger partial charge in [0.05, 0.1) is 12.3 Å². The summed E-state index contributed by atoms with van der Waals surface area (Å²) < 4.78 is 5.50. The number of rotatable bonds is 4. The molecule has 0 spiro atoms. The predicted octanol–water partition coefficient (Wildman–Crippen LogP) is 4.39. The van der Waals surface area contributed by atoms with Gasteiger partial charge in [0.25, 0.3) is 0 Å². The predicted molar refractivity (Wildman–Crippen MR) is 77.4 cm³/mol. The molecule has 0 radical (unpaired) electrons. The summed E-state index contributed by atoms with van der Waals surface area (Å²) in [5, 5.41) is 8.44. The van der Waals surface area contributed by atoms with Gasteiger partial charge in [-0.05, 0) is 43.7 Å². The number of hydrogen-bond donors (Lipinski definition) is 1. The van der Waals surface area contributed by atoms with Crippen LogP contribution < -0.4 is 10.5 Å². The van der Waals surface area contributed by atoms with E-state index in [1.165, 1.54) is 0 Å². The van der Waals surface area contributed by atoms with E-state index in [2.05, 4.69) is 10.2 Å². The Morgan fingerprint density at radius 2 is 1.95 bits per heavy atom. The molecule has 4 heteroatoms. The van der Waals surface area contributed by atoms with Crippen molar-refractivity contribution in [2.24, 2.45) is 10.2 Å². The monoisotopic (exact) mass is 255 g/mol. The summed E-state index contributed by atoms with van der Waals surface area (Å²) in [6.45, 7) is 4.51. The third-order valence-corrected chi connectivity index (χ3v) is 2.56. The summed E-state index contributed by atoms with van der Waals surface area (Å²) >= 11 is 0. The number of hydrogen-bond acceptors (Lipinski definition) is 4. The molecular formula is C15H17N3O. The lowest BCUT2D eigenvalue weighted by Crippen LogP contribution is -1.93. The highest BCUT2D eigenvalue weighted by Gasteiger charge is 2.03. The molecule has 0 aliphatic carbocycles. The van der Waals surface area contributed by atoms with Crippen molar-refractivity contribution >= 4 is 17.1 Å². The van der Waals surface area contributed by atoms with Gasteiger partial charge in [0, 0.05) is 11.8 Å². The van der Waals surface area contributed by atoms with Crippen LogP contribution in [0.2, 0.25) is 0 Å². The van der Waals surface area contributed by atoms with Crippen molar-refractivity contribution < 1.29 is 4.74 Å². The van der Waals surface area contributed by atoms with Crippen LogP contribution in [0.4, 0.5) is 17.1 Å². The molecule has 0 bridgehead atoms. The smallest absolute Gasteiger partial charge is 0.148 e. The highest BCUT2D eigenvalue weighted by Crippen LogP contribution is 2.31. The Morgan fingerprint density at radius 1 is 1.11 bits per heavy atom. The average Bonchev–Trinajstić information content (AvgIpc) is 2.38. The molecule has 0 saturated carbocycles. The van der Waals surface area contributed by atoms with Gasteiger partial charge in [0.1, 0.15) is 11.4 Å². The summed E-state index contributed by atoms with van der Waals surface area (Å²) in [5.41, 5.74) is 9.03. The molecule has 0 amide bonds. The zero-order chi connectivity index (χ0) is 13.7. The number of nitrogen functional groups attached to an aromatic ring is 1. The molecular weight excluding hydrogens is 238 g/mol. The van der Waals surface area contributed by atoms with Gasteiger partial charge in [-0.1, -0.05) is 12.1 Å². The molecule has 2 aromatic carbocycles. The van der Waals surface area contributed by atoms with Crippen molar-refractivity contribution in [3.63, 3.8) is 0 Å². The highest BCUT2D eigenvalue weighted by molar-refractivity contribution is 5.59. The highest BCUT2D eigenvalue weighted by atomic mass is 16.5. The second-order valence-electron chi connectivity index (χ2n) is 4.20. The maximum Gasteiger partial charge on any atom is 0.148 e. The molecule has 0 atom stereocenters. The fourth-order valence-corrected chi connectivity index (χ4v) is 1.69. The summed E-state index contributed by atoms with van der Waals surface area (Å²) in [7, 11) is 0. The van der Waals surface area contributed by atoms with Crippen LogP contribution in [0.5, 0.6) is 5.75 Å². The van der Waals surface area contributed by atoms with Gasteiger partial charge < -0.3 is 10.5 Å². The first-order valence-electron chi connectivity index (χ1n) is 6.20. The molecule has 2 aromatic rings. The number of ether oxygens (including phenoxy) is 1. The maximum atomic E-state index is 5.73. The first-order valence-corrected chi connectivity index (χ1v) is 6.20. The van der Waals surface area contributed by atoms with Gasteiger partial charge in [-0.25, -0.2) is 0 Å². The molecule has 98 valence electrons. The van der Waals surface area contributed by atoms with E-state index in [0.717, 1.165) is 11.3 Å². The van der Waals surface area contributed by atoms with E-state index in [1.54, 1.807) is 18.2 Å². The Balaban J connectivity index is 2.27. The molecule has 0 saturated heterocycles. The van der Waals surface area contributed by atoms with Gasteiger partial charge >= 0.3 is 0 Å². The number of anilines is 1. The lowest BCUT2D eigenvalue weighted by Gasteiger charge is -2.06. The molecule has 19 heavy (non-hydrogen) atoms. The number of nitrogens with zero attached hydrogens (tertiary/aromatic N) is 2. The van der Waals surface area contributed by atoms with E-state index in [-0.39, 0.29) is 0 Å². The third kappa shape index (κ3) is 3.55. The van der Waals surface area contributed by atoms with E-state index in [0.29, 0.717) is 23.7 Å². The third-order valence-electron chi connectivity index (χ3n) is 2.56. The molecule has 0 unspecified atom stereocenters. The zero-order valence-corrected chi connectivity index (χ0v) is 11.1. The Bertz CT molecular complexity index is 594. The Morgan fingerprint density at radius 3 is 2.68 bits per heavy atom. The van der Waals surface area contributed by atoms with Gasteiger partial charge in [0.15, 0.2) is 0 Å². The molecule has 4 nitrogen and oxygen atoms in total. The van der Waals surface area contributed by atoms with Crippen LogP contribution in [0.1, 0.15) is 12.5 Å². The van der Waals surface area contributed by atoms with Crippen LogP contribution in [-0.4, -0.2) is 6.61 Å². The van der Waals surface area contributed by atoms with Crippen molar-refractivity contribution in [3.8, 4) is 5.75 Å². The molecule has 0 aliphatic rings. The lowest BCUT2D eigenvalue weighted by molar-refractivity contribution is 0.341. The van der Waals surface area contributed by atoms with Crippen molar-refractivity contribution in [3.05, 3.63) is 48.0 Å². The maximum absolute atomic E-state index is 5.73. The molecule has 0 aliphatic heterocycles. The van der Waals surface area contributed by atoms with E-state index in [1.807, 2.05) is 38.1 Å². The van der Waals surface area contributed by atoms with Crippen LogP contribution >= 0.6 is 0 Å². The van der Waals surface area contributed by atoms with Crippen LogP contribution in [0.3, 0.4) is 0 Å². The van der Waals surface area contributed by atoms with Crippen LogP contribution in [0, 0.1) is 6.92 Å². The summed E-state index contributed by atoms with van der Waals surface area (Å²) in [6.07, 6.45) is 0. The second-order valence-corrected chi connectivity index (χ2v) is 4.20. The fraction of sp³-hybridized carbons (Fsp3) is 0.200. The Labute approximate surface area is 112 Å². The zero-order valence-electron chi connectivity index (χ0n) is 11.1. The summed E-state index contributed by atoms with van der Waals surface area (Å²) in [4.78, 5) is 0. The second kappa shape index (κ2) is 6.00. The fourth-order valence-electron chi connectivity index (χ4n) is 1.69. The van der Waals surface area contributed by atoms with E-state index in [4.69, 9.17) is 10.5 Å². The van der Waals surface area contributed by atoms with Crippen LogP contribution in [0.15, 0.2) is 52.7 Å². The largest absolute Gasteiger partial charge is 0.491 e. The first-order chi connectivity index (χ1) is 9.19. The lowest BCUT2D eigenvalue weighted by atomic mass is 10.2. The van der Waals surface area contributed by atoms with Gasteiger partial charge in [0.2, 0.25) is 0 Å². The molecule has 0 aromatic heterocycles. The topological polar surface area (TPSA) is 60.0 Å². The SMILES string of the molecule is CCOc1cc(N)ccc1N=Nc1cccc(C)c1. The minimum Gasteiger partial charge on any atom is -0.491 e. The average molecular weight is 255 g/mol. The van der Waals surface area contributed by atoms with E-state index < -0.39 is 0 Å². The quantitative estimate of drug-likeness (QED) is 0.650. The minimum atomic E-state index is 0.566. The number of aryl methyl sites for hydroxylation is 1. The van der Waals surface area contributed by atoms with Crippen molar-refractivity contribution in [2.45, 2.75) is 13.8 Å². The standard InChI is InChI=1S/C15H17N3O/c1-3-19-15-10-12(16)7-8-14(15)18-17-13-6-4-5-11(2)9-13/h4-10H,3,16H2,1-2H3. The molecule has 2 N–H and O–H groups in total. The van der Waals surface area contributed by atoms with E-state index in [9.17, 15) is 0 Å². The molecule has 0 heterocycles. The van der Waals surface area contributed by atoms with Gasteiger partial charge in [-0.2, -0.15) is 5.11 Å². The van der Waals surface area contributed by atoms with Crippen molar-refractivity contribution in [1.29, 1.82) is 0 Å². The van der Waals surface area contributed by atoms with Gasteiger partial charge in [-0.3, -0.25) is 0 Å². The normalized spacial score (nSPS) is 10.8. The Kier molecular flexibility index (Phi) is 4.13. The summed E-state index contributed by atoms with van der Waals surface area (Å²) in [5.74, 6) is 0.652. The number of nitrogens with two attached hydrogens (primary N) is 1. The summed E-state index contributed by atoms with van der Waals surface area (Å²) in [6, 6.07) is 13.2. The molecule has 2 rings (SSSR count). The van der Waals surface area contributed by atoms with Crippen LogP contribution in [0.25, 0.3) is 0 Å². The van der Waals surface area contributed by atoms with Crippen LogP contribution in [-0.2, 0) is 0 Å². The first kappa shape index (κ1) is 13.1.